The summed E-state index contributed by atoms with van der Waals surface area (Å²) in [4.78, 5) is 18.5. The van der Waals surface area contributed by atoms with Crippen molar-refractivity contribution in [3.8, 4) is 5.75 Å². The maximum atomic E-state index is 12.3. The Balaban J connectivity index is 1.19. The number of hydrogen-bond donors (Lipinski definition) is 2. The number of nitrogens with one attached hydrogen (secondary N) is 2. The monoisotopic (exact) mass is 410 g/mol. The Morgan fingerprint density at radius 3 is 2.66 bits per heavy atom. The number of aromatic nitrogens is 1. The predicted molar refractivity (Wildman–Crippen MR) is 117 cm³/mol. The van der Waals surface area contributed by atoms with Crippen LogP contribution < -0.4 is 15.0 Å². The van der Waals surface area contributed by atoms with E-state index in [1.807, 2.05) is 41.7 Å². The molecule has 1 fully saturated rings. The molecule has 0 atom stereocenters. The minimum Gasteiger partial charge on any atom is -0.497 e. The molecule has 3 aromatic rings. The number of para-hydroxylation sites is 1. The first-order valence-corrected chi connectivity index (χ1v) is 11.1. The summed E-state index contributed by atoms with van der Waals surface area (Å²) in [5, 5.41) is 4.32. The van der Waals surface area contributed by atoms with Crippen molar-refractivity contribution in [2.24, 2.45) is 0 Å². The van der Waals surface area contributed by atoms with Crippen LogP contribution in [-0.4, -0.2) is 44.2 Å². The molecule has 1 aromatic heterocycles. The third-order valence-electron chi connectivity index (χ3n) is 5.66. The van der Waals surface area contributed by atoms with Crippen LogP contribution in [0.3, 0.4) is 0 Å². The van der Waals surface area contributed by atoms with Gasteiger partial charge in [-0.25, -0.2) is 4.98 Å². The Bertz CT molecular complexity index is 913. The van der Waals surface area contributed by atoms with Crippen molar-refractivity contribution in [1.82, 2.24) is 10.3 Å². The number of fused-ring (bicyclic) bond motifs is 1. The van der Waals surface area contributed by atoms with Crippen molar-refractivity contribution < 1.29 is 14.4 Å². The van der Waals surface area contributed by atoms with E-state index >= 15 is 0 Å². The van der Waals surface area contributed by atoms with Gasteiger partial charge in [0, 0.05) is 25.3 Å². The van der Waals surface area contributed by atoms with Crippen LogP contribution in [-0.2, 0) is 11.2 Å². The van der Waals surface area contributed by atoms with Crippen molar-refractivity contribution in [1.29, 1.82) is 0 Å². The number of benzene rings is 2. The van der Waals surface area contributed by atoms with Crippen LogP contribution in [0.25, 0.3) is 10.2 Å². The van der Waals surface area contributed by atoms with E-state index in [4.69, 9.17) is 9.72 Å². The fourth-order valence-electron chi connectivity index (χ4n) is 3.94. The largest absolute Gasteiger partial charge is 0.497 e. The van der Waals surface area contributed by atoms with Crippen molar-refractivity contribution >= 4 is 27.5 Å². The van der Waals surface area contributed by atoms with Crippen molar-refractivity contribution in [3.05, 3.63) is 59.1 Å². The summed E-state index contributed by atoms with van der Waals surface area (Å²) in [5.41, 5.74) is 2.31. The Labute approximate surface area is 175 Å². The summed E-state index contributed by atoms with van der Waals surface area (Å²) in [7, 11) is 1.67. The molecule has 2 aromatic carbocycles. The predicted octanol–water partition coefficient (Wildman–Crippen LogP) is 2.43. The highest BCUT2D eigenvalue weighted by molar-refractivity contribution is 7.18. The highest BCUT2D eigenvalue weighted by Gasteiger charge is 2.26. The minimum absolute atomic E-state index is 0.145. The summed E-state index contributed by atoms with van der Waals surface area (Å²) < 4.78 is 6.44. The Morgan fingerprint density at radius 2 is 1.93 bits per heavy atom. The molecule has 152 valence electrons. The number of methoxy groups -OCH3 is 1. The van der Waals surface area contributed by atoms with Gasteiger partial charge in [-0.2, -0.15) is 0 Å². The number of carbonyl (C=O) groups excluding carboxylic acids is 1. The molecule has 29 heavy (non-hydrogen) atoms. The smallest absolute Gasteiger partial charge is 0.275 e. The standard InChI is InChI=1S/C23H27N3O2S/c1-28-19-8-6-17(7-9-19)10-13-24-22(27)16-26-14-11-18(12-15-26)23-25-20-4-2-3-5-21(20)29-23/h2-9,18H,10-16H2,1H3,(H,24,27)/p+1. The Kier molecular flexibility index (Phi) is 6.42. The van der Waals surface area contributed by atoms with E-state index in [9.17, 15) is 4.79 Å². The molecule has 0 radical (unpaired) electrons. The zero-order valence-electron chi connectivity index (χ0n) is 16.8. The van der Waals surface area contributed by atoms with Crippen LogP contribution in [0.1, 0.15) is 29.3 Å². The third-order valence-corrected chi connectivity index (χ3v) is 6.86. The molecule has 2 heterocycles. The minimum atomic E-state index is 0.145. The van der Waals surface area contributed by atoms with Gasteiger partial charge >= 0.3 is 0 Å². The molecular formula is C23H28N3O2S+. The Hall–Kier alpha value is -2.44. The number of hydrogen-bond acceptors (Lipinski definition) is 4. The van der Waals surface area contributed by atoms with Gasteiger partial charge in [0.1, 0.15) is 5.75 Å². The lowest BCUT2D eigenvalue weighted by Gasteiger charge is -2.27. The Morgan fingerprint density at radius 1 is 1.17 bits per heavy atom. The second kappa shape index (κ2) is 9.37. The van der Waals surface area contributed by atoms with E-state index in [2.05, 4.69) is 23.5 Å². The molecule has 6 heteroatoms. The molecule has 1 aliphatic heterocycles. The van der Waals surface area contributed by atoms with E-state index in [1.54, 1.807) is 7.11 Å². The third kappa shape index (κ3) is 5.14. The average Bonchev–Trinajstić information content (AvgIpc) is 3.19. The van der Waals surface area contributed by atoms with Crippen LogP contribution in [0.4, 0.5) is 0 Å². The molecule has 5 nitrogen and oxygen atoms in total. The van der Waals surface area contributed by atoms with E-state index in [0.29, 0.717) is 19.0 Å². The molecule has 2 N–H and O–H groups in total. The van der Waals surface area contributed by atoms with Crippen LogP contribution in [0.15, 0.2) is 48.5 Å². The summed E-state index contributed by atoms with van der Waals surface area (Å²) in [6.45, 7) is 3.31. The van der Waals surface area contributed by atoms with Crippen molar-refractivity contribution in [2.45, 2.75) is 25.2 Å². The second-order valence-electron chi connectivity index (χ2n) is 7.67. The van der Waals surface area contributed by atoms with Gasteiger partial charge in [-0.3, -0.25) is 4.79 Å². The number of carbonyl (C=O) groups is 1. The lowest BCUT2D eigenvalue weighted by atomic mass is 9.97. The number of amides is 1. The number of likely N-dealkylation sites (tertiary alicyclic amines) is 1. The van der Waals surface area contributed by atoms with E-state index < -0.39 is 0 Å². The topological polar surface area (TPSA) is 55.7 Å². The van der Waals surface area contributed by atoms with Gasteiger partial charge in [-0.05, 0) is 36.2 Å². The summed E-state index contributed by atoms with van der Waals surface area (Å²) in [6, 6.07) is 16.4. The molecule has 4 rings (SSSR count). The first-order valence-electron chi connectivity index (χ1n) is 10.3. The van der Waals surface area contributed by atoms with Crippen LogP contribution in [0.2, 0.25) is 0 Å². The van der Waals surface area contributed by atoms with E-state index in [-0.39, 0.29) is 5.91 Å². The fraction of sp³-hybridized carbons (Fsp3) is 0.391. The lowest BCUT2D eigenvalue weighted by molar-refractivity contribution is -0.897. The maximum absolute atomic E-state index is 12.3. The van der Waals surface area contributed by atoms with E-state index in [1.165, 1.54) is 20.2 Å². The first-order chi connectivity index (χ1) is 14.2. The van der Waals surface area contributed by atoms with Gasteiger partial charge in [0.2, 0.25) is 0 Å². The molecule has 0 bridgehead atoms. The number of ether oxygens (including phenoxy) is 1. The van der Waals surface area contributed by atoms with Gasteiger partial charge in [-0.1, -0.05) is 24.3 Å². The molecule has 1 aliphatic rings. The van der Waals surface area contributed by atoms with Gasteiger partial charge in [0.15, 0.2) is 6.54 Å². The van der Waals surface area contributed by atoms with Gasteiger partial charge in [0.05, 0.1) is 35.4 Å². The maximum Gasteiger partial charge on any atom is 0.275 e. The SMILES string of the molecule is COc1ccc(CCNC(=O)C[NH+]2CCC(c3nc4ccccc4s3)CC2)cc1. The second-order valence-corrected chi connectivity index (χ2v) is 8.73. The van der Waals surface area contributed by atoms with Crippen LogP contribution in [0.5, 0.6) is 5.75 Å². The lowest BCUT2D eigenvalue weighted by Crippen LogP contribution is -3.14. The average molecular weight is 411 g/mol. The fourth-order valence-corrected chi connectivity index (χ4v) is 5.08. The van der Waals surface area contributed by atoms with Crippen LogP contribution in [0, 0.1) is 0 Å². The number of thiazole rings is 1. The number of piperidine rings is 1. The summed E-state index contributed by atoms with van der Waals surface area (Å²) in [6.07, 6.45) is 3.05. The van der Waals surface area contributed by atoms with Gasteiger partial charge in [-0.15, -0.1) is 11.3 Å². The molecule has 1 amide bonds. The number of nitrogens with zero attached hydrogens (tertiary/aromatic N) is 1. The zero-order valence-corrected chi connectivity index (χ0v) is 17.6. The quantitative estimate of drug-likeness (QED) is 0.629. The molecule has 0 unspecified atom stereocenters. The highest BCUT2D eigenvalue weighted by atomic mass is 32.1. The zero-order chi connectivity index (χ0) is 20.1. The van der Waals surface area contributed by atoms with Gasteiger partial charge in [0.25, 0.3) is 5.91 Å². The summed E-state index contributed by atoms with van der Waals surface area (Å²) >= 11 is 1.82. The first kappa shape index (κ1) is 19.9. The summed E-state index contributed by atoms with van der Waals surface area (Å²) in [5.74, 6) is 1.54. The van der Waals surface area contributed by atoms with Crippen molar-refractivity contribution in [3.63, 3.8) is 0 Å². The van der Waals surface area contributed by atoms with Crippen LogP contribution >= 0.6 is 11.3 Å². The highest BCUT2D eigenvalue weighted by Crippen LogP contribution is 2.31. The number of quaternary nitrogens is 1. The normalized spacial score (nSPS) is 19.2. The molecule has 0 aliphatic carbocycles. The molecule has 1 saturated heterocycles. The van der Waals surface area contributed by atoms with E-state index in [0.717, 1.165) is 43.6 Å². The molecular weight excluding hydrogens is 382 g/mol. The van der Waals surface area contributed by atoms with Crippen molar-refractivity contribution in [2.75, 3.05) is 33.3 Å². The van der Waals surface area contributed by atoms with Gasteiger partial charge < -0.3 is 15.0 Å². The number of rotatable bonds is 7. The molecule has 0 saturated carbocycles. The molecule has 0 spiro atoms.